The van der Waals surface area contributed by atoms with Crippen LogP contribution < -0.4 is 4.74 Å². The second-order valence-corrected chi connectivity index (χ2v) is 8.63. The van der Waals surface area contributed by atoms with E-state index in [9.17, 15) is 9.90 Å². The van der Waals surface area contributed by atoms with Crippen molar-refractivity contribution in [2.75, 3.05) is 26.7 Å². The number of fused-ring (bicyclic) bond motifs is 2. The Kier molecular flexibility index (Phi) is 4.70. The molecule has 1 N–H and O–H groups in total. The number of aromatic hydroxyl groups is 1. The highest BCUT2D eigenvalue weighted by molar-refractivity contribution is 5.80. The normalized spacial score (nSPS) is 30.2. The molecule has 0 aliphatic carbocycles. The van der Waals surface area contributed by atoms with E-state index in [4.69, 9.17) is 4.74 Å². The lowest BCUT2D eigenvalue weighted by atomic mass is 9.75. The van der Waals surface area contributed by atoms with Crippen molar-refractivity contribution in [1.82, 2.24) is 9.80 Å². The Bertz CT molecular complexity index is 907. The van der Waals surface area contributed by atoms with Crippen LogP contribution in [-0.2, 0) is 11.2 Å². The zero-order chi connectivity index (χ0) is 20.0. The van der Waals surface area contributed by atoms with Crippen molar-refractivity contribution in [1.29, 1.82) is 0 Å². The van der Waals surface area contributed by atoms with Crippen molar-refractivity contribution in [2.45, 2.75) is 37.3 Å². The molecule has 2 bridgehead atoms. The summed E-state index contributed by atoms with van der Waals surface area (Å²) in [7, 11) is 1.65. The number of carbonyl (C=O) groups excluding carboxylic acids is 1. The number of methoxy groups -OCH3 is 1. The molecule has 5 nitrogen and oxygen atoms in total. The summed E-state index contributed by atoms with van der Waals surface area (Å²) in [5, 5.41) is 10.0. The van der Waals surface area contributed by atoms with Crippen LogP contribution in [0, 0.1) is 5.92 Å². The lowest BCUT2D eigenvalue weighted by Crippen LogP contribution is -2.60. The van der Waals surface area contributed by atoms with Crippen LogP contribution in [0.3, 0.4) is 0 Å². The standard InChI is InChI=1S/C24H28N2O3/c1-29-20-7-2-4-16(12-20)13-22(28)26-15-21(18-5-3-6-19(27)14-18)24-23(26)17-8-10-25(24)11-9-17/h2-7,12,14,17,21,23-24,27H,8-11,13,15H2,1H3/t21-,23+,24+/m0/s1. The van der Waals surface area contributed by atoms with Crippen molar-refractivity contribution < 1.29 is 14.6 Å². The second-order valence-electron chi connectivity index (χ2n) is 8.63. The van der Waals surface area contributed by atoms with Crippen LogP contribution in [0.1, 0.15) is 29.9 Å². The smallest absolute Gasteiger partial charge is 0.227 e. The fourth-order valence-corrected chi connectivity index (χ4v) is 5.81. The van der Waals surface area contributed by atoms with Crippen LogP contribution >= 0.6 is 0 Å². The number of ether oxygens (including phenoxy) is 1. The first-order valence-electron chi connectivity index (χ1n) is 10.6. The third kappa shape index (κ3) is 3.27. The number of carbonyl (C=O) groups is 1. The average molecular weight is 392 g/mol. The highest BCUT2D eigenvalue weighted by Gasteiger charge is 2.54. The molecule has 5 heteroatoms. The number of phenols is 1. The molecule has 0 spiro atoms. The average Bonchev–Trinajstić information content (AvgIpc) is 3.18. The molecule has 4 fully saturated rings. The van der Waals surface area contributed by atoms with E-state index in [1.54, 1.807) is 13.2 Å². The fourth-order valence-electron chi connectivity index (χ4n) is 5.81. The predicted octanol–water partition coefficient (Wildman–Crippen LogP) is 3.03. The van der Waals surface area contributed by atoms with Gasteiger partial charge in [-0.05, 0) is 67.2 Å². The zero-order valence-corrected chi connectivity index (χ0v) is 16.8. The molecular formula is C24H28N2O3. The molecule has 0 radical (unpaired) electrons. The molecular weight excluding hydrogens is 364 g/mol. The molecule has 29 heavy (non-hydrogen) atoms. The van der Waals surface area contributed by atoms with Gasteiger partial charge < -0.3 is 14.7 Å². The first-order chi connectivity index (χ1) is 14.1. The molecule has 2 aromatic rings. The van der Waals surface area contributed by atoms with Crippen molar-refractivity contribution in [3.05, 3.63) is 59.7 Å². The number of rotatable bonds is 4. The molecule has 0 aromatic heterocycles. The molecule has 2 aromatic carbocycles. The number of hydrogen-bond donors (Lipinski definition) is 1. The summed E-state index contributed by atoms with van der Waals surface area (Å²) in [6, 6.07) is 16.0. The van der Waals surface area contributed by atoms with Gasteiger partial charge in [-0.2, -0.15) is 0 Å². The number of phenolic OH excluding ortho intramolecular Hbond substituents is 1. The minimum absolute atomic E-state index is 0.199. The first kappa shape index (κ1) is 18.5. The van der Waals surface area contributed by atoms with Gasteiger partial charge in [0.05, 0.1) is 19.6 Å². The maximum absolute atomic E-state index is 13.4. The van der Waals surface area contributed by atoms with Gasteiger partial charge in [0.2, 0.25) is 5.91 Å². The number of benzene rings is 2. The van der Waals surface area contributed by atoms with E-state index in [0.717, 1.165) is 36.5 Å². The Balaban J connectivity index is 1.44. The van der Waals surface area contributed by atoms with Crippen LogP contribution in [0.2, 0.25) is 0 Å². The van der Waals surface area contributed by atoms with E-state index >= 15 is 0 Å². The Hall–Kier alpha value is -2.53. The summed E-state index contributed by atoms with van der Waals surface area (Å²) in [5.41, 5.74) is 2.14. The van der Waals surface area contributed by atoms with E-state index < -0.39 is 0 Å². The minimum Gasteiger partial charge on any atom is -0.508 e. The summed E-state index contributed by atoms with van der Waals surface area (Å²) in [5.74, 6) is 2.13. The van der Waals surface area contributed by atoms with Crippen molar-refractivity contribution >= 4 is 5.91 Å². The Morgan fingerprint density at radius 3 is 2.66 bits per heavy atom. The number of amides is 1. The van der Waals surface area contributed by atoms with Gasteiger partial charge in [-0.15, -0.1) is 0 Å². The van der Waals surface area contributed by atoms with Gasteiger partial charge in [0.15, 0.2) is 0 Å². The topological polar surface area (TPSA) is 53.0 Å². The molecule has 1 amide bonds. The van der Waals surface area contributed by atoms with Crippen molar-refractivity contribution in [3.8, 4) is 11.5 Å². The highest BCUT2D eigenvalue weighted by atomic mass is 16.5. The van der Waals surface area contributed by atoms with Gasteiger partial charge in [-0.3, -0.25) is 9.69 Å². The van der Waals surface area contributed by atoms with Gasteiger partial charge in [0.1, 0.15) is 11.5 Å². The van der Waals surface area contributed by atoms with Gasteiger partial charge >= 0.3 is 0 Å². The SMILES string of the molecule is COc1cccc(CC(=O)N2C[C@@H](c3cccc(O)c3)[C@@H]3[C@H]2C2CCN3CC2)c1. The molecule has 4 saturated heterocycles. The Morgan fingerprint density at radius 1 is 1.10 bits per heavy atom. The maximum atomic E-state index is 13.4. The van der Waals surface area contributed by atoms with E-state index in [0.29, 0.717) is 24.1 Å². The Morgan fingerprint density at radius 2 is 1.90 bits per heavy atom. The van der Waals surface area contributed by atoms with Crippen molar-refractivity contribution in [3.63, 3.8) is 0 Å². The molecule has 0 saturated carbocycles. The van der Waals surface area contributed by atoms with Crippen LogP contribution in [-0.4, -0.2) is 59.6 Å². The summed E-state index contributed by atoms with van der Waals surface area (Å²) in [6.07, 6.45) is 2.76. The van der Waals surface area contributed by atoms with Crippen LogP contribution in [0.25, 0.3) is 0 Å². The quantitative estimate of drug-likeness (QED) is 0.869. The van der Waals surface area contributed by atoms with Gasteiger partial charge in [-0.25, -0.2) is 0 Å². The molecule has 4 aliphatic heterocycles. The predicted molar refractivity (Wildman–Crippen MR) is 111 cm³/mol. The van der Waals surface area contributed by atoms with Gasteiger partial charge in [-0.1, -0.05) is 24.3 Å². The Labute approximate surface area is 171 Å². The number of piperidine rings is 3. The van der Waals surface area contributed by atoms with Gasteiger partial charge in [0, 0.05) is 18.5 Å². The highest BCUT2D eigenvalue weighted by Crippen LogP contribution is 2.47. The van der Waals surface area contributed by atoms with E-state index in [2.05, 4.69) is 15.9 Å². The monoisotopic (exact) mass is 392 g/mol. The zero-order valence-electron chi connectivity index (χ0n) is 16.8. The molecule has 152 valence electrons. The van der Waals surface area contributed by atoms with Crippen LogP contribution in [0.15, 0.2) is 48.5 Å². The lowest BCUT2D eigenvalue weighted by Gasteiger charge is -2.51. The summed E-state index contributed by atoms with van der Waals surface area (Å²) in [4.78, 5) is 18.1. The van der Waals surface area contributed by atoms with Crippen LogP contribution in [0.4, 0.5) is 0 Å². The molecule has 0 unspecified atom stereocenters. The fraction of sp³-hybridized carbons (Fsp3) is 0.458. The van der Waals surface area contributed by atoms with E-state index in [-0.39, 0.29) is 17.9 Å². The molecule has 4 aliphatic rings. The third-order valence-corrected chi connectivity index (χ3v) is 7.10. The number of hydrogen-bond acceptors (Lipinski definition) is 4. The number of likely N-dealkylation sites (tertiary alicyclic amines) is 1. The lowest BCUT2D eigenvalue weighted by molar-refractivity contribution is -0.135. The van der Waals surface area contributed by atoms with Crippen LogP contribution in [0.5, 0.6) is 11.5 Å². The second kappa shape index (κ2) is 7.38. The van der Waals surface area contributed by atoms with Gasteiger partial charge in [0.25, 0.3) is 0 Å². The maximum Gasteiger partial charge on any atom is 0.227 e. The largest absolute Gasteiger partial charge is 0.508 e. The van der Waals surface area contributed by atoms with Crippen molar-refractivity contribution in [2.24, 2.45) is 5.92 Å². The molecule has 6 rings (SSSR count). The summed E-state index contributed by atoms with van der Waals surface area (Å²) >= 11 is 0. The summed E-state index contributed by atoms with van der Waals surface area (Å²) < 4.78 is 5.32. The van der Waals surface area contributed by atoms with E-state index in [1.807, 2.05) is 36.4 Å². The molecule has 4 heterocycles. The first-order valence-corrected chi connectivity index (χ1v) is 10.6. The number of nitrogens with zero attached hydrogens (tertiary/aromatic N) is 2. The molecule has 3 atom stereocenters. The van der Waals surface area contributed by atoms with E-state index in [1.165, 1.54) is 12.8 Å². The third-order valence-electron chi connectivity index (χ3n) is 7.10. The minimum atomic E-state index is 0.199. The summed E-state index contributed by atoms with van der Waals surface area (Å²) in [6.45, 7) is 2.98.